The van der Waals surface area contributed by atoms with E-state index < -0.39 is 17.7 Å². The SMILES string of the molecule is Cn1cc2cc(-c3ccc4nc(N5CCC(NC6CC(F)C6)C5)ccc4n3)c(O)c(F)c2n1. The van der Waals surface area contributed by atoms with E-state index in [1.54, 1.807) is 25.4 Å². The van der Waals surface area contributed by atoms with E-state index in [1.165, 1.54) is 4.68 Å². The number of phenolic OH excluding ortho intramolecular Hbond substituents is 1. The molecule has 4 aromatic rings. The van der Waals surface area contributed by atoms with Crippen molar-refractivity contribution in [3.63, 3.8) is 0 Å². The van der Waals surface area contributed by atoms with Crippen molar-refractivity contribution in [2.75, 3.05) is 18.0 Å². The van der Waals surface area contributed by atoms with Crippen LogP contribution in [-0.4, -0.2) is 56.2 Å². The number of aryl methyl sites for hydroxylation is 1. The van der Waals surface area contributed by atoms with Crippen molar-refractivity contribution in [2.45, 2.75) is 37.5 Å². The molecule has 1 atom stereocenters. The summed E-state index contributed by atoms with van der Waals surface area (Å²) in [4.78, 5) is 11.6. The van der Waals surface area contributed by atoms with Crippen LogP contribution in [0.25, 0.3) is 33.2 Å². The Balaban J connectivity index is 1.26. The molecule has 9 heteroatoms. The number of halogens is 2. The summed E-state index contributed by atoms with van der Waals surface area (Å²) >= 11 is 0. The standard InChI is InChI=1S/C24H24F2N6O/c1-31-11-13-8-17(24(33)22(26)23(13)30-31)18-2-3-20-19(28-18)4-5-21(29-20)32-7-6-15(12-32)27-16-9-14(25)10-16/h2-5,8,11,14-16,27,33H,6-7,9-10,12H2,1H3. The summed E-state index contributed by atoms with van der Waals surface area (Å²) in [6.45, 7) is 1.74. The van der Waals surface area contributed by atoms with Gasteiger partial charge in [-0.25, -0.2) is 18.7 Å². The number of alkyl halides is 1. The number of phenols is 1. The van der Waals surface area contributed by atoms with E-state index in [0.29, 0.717) is 47.1 Å². The average molecular weight is 450 g/mol. The van der Waals surface area contributed by atoms with Gasteiger partial charge in [-0.1, -0.05) is 0 Å². The third-order valence-corrected chi connectivity index (χ3v) is 6.70. The van der Waals surface area contributed by atoms with Crippen molar-refractivity contribution in [3.05, 3.63) is 42.3 Å². The molecule has 2 N–H and O–H groups in total. The first kappa shape index (κ1) is 20.3. The van der Waals surface area contributed by atoms with E-state index in [0.717, 1.165) is 30.8 Å². The number of aromatic nitrogens is 4. The molecule has 33 heavy (non-hydrogen) atoms. The van der Waals surface area contributed by atoms with Crippen molar-refractivity contribution in [2.24, 2.45) is 7.05 Å². The van der Waals surface area contributed by atoms with Crippen LogP contribution in [-0.2, 0) is 7.05 Å². The summed E-state index contributed by atoms with van der Waals surface area (Å²) < 4.78 is 29.2. The van der Waals surface area contributed by atoms with Crippen molar-refractivity contribution in [1.29, 1.82) is 0 Å². The van der Waals surface area contributed by atoms with Gasteiger partial charge in [0.05, 0.1) is 16.7 Å². The first-order valence-electron chi connectivity index (χ1n) is 11.2. The number of rotatable bonds is 4. The second-order valence-electron chi connectivity index (χ2n) is 9.10. The minimum absolute atomic E-state index is 0.131. The second-order valence-corrected chi connectivity index (χ2v) is 9.10. The highest BCUT2D eigenvalue weighted by Gasteiger charge is 2.33. The molecule has 0 bridgehead atoms. The monoisotopic (exact) mass is 450 g/mol. The van der Waals surface area contributed by atoms with Gasteiger partial charge >= 0.3 is 0 Å². The van der Waals surface area contributed by atoms with Crippen molar-refractivity contribution >= 4 is 27.8 Å². The molecule has 6 rings (SSSR count). The van der Waals surface area contributed by atoms with Gasteiger partial charge in [-0.05, 0) is 49.6 Å². The first-order chi connectivity index (χ1) is 15.9. The summed E-state index contributed by atoms with van der Waals surface area (Å²) in [5.74, 6) is -0.331. The Morgan fingerprint density at radius 1 is 1.09 bits per heavy atom. The number of hydrogen-bond donors (Lipinski definition) is 2. The fourth-order valence-corrected chi connectivity index (χ4v) is 4.88. The molecule has 0 amide bonds. The van der Waals surface area contributed by atoms with E-state index in [2.05, 4.69) is 20.3 Å². The molecule has 2 aliphatic rings. The van der Waals surface area contributed by atoms with Gasteiger partial charge in [0.2, 0.25) is 0 Å². The molecular weight excluding hydrogens is 426 g/mol. The molecule has 1 unspecified atom stereocenters. The molecular formula is C24H24F2N6O. The number of pyridine rings is 2. The zero-order valence-corrected chi connectivity index (χ0v) is 18.2. The molecule has 7 nitrogen and oxygen atoms in total. The molecule has 1 saturated carbocycles. The predicted molar refractivity (Wildman–Crippen MR) is 123 cm³/mol. The second kappa shape index (κ2) is 7.62. The number of aromatic hydroxyl groups is 1. The zero-order valence-electron chi connectivity index (χ0n) is 18.2. The summed E-state index contributed by atoms with van der Waals surface area (Å²) in [5.41, 5.74) is 2.32. The lowest BCUT2D eigenvalue weighted by molar-refractivity contribution is 0.148. The third-order valence-electron chi connectivity index (χ3n) is 6.70. The largest absolute Gasteiger partial charge is 0.504 e. The summed E-state index contributed by atoms with van der Waals surface area (Å²) in [7, 11) is 1.71. The Kier molecular flexibility index (Phi) is 4.69. The molecule has 170 valence electrons. The molecule has 2 fully saturated rings. The fourth-order valence-electron chi connectivity index (χ4n) is 4.88. The quantitative estimate of drug-likeness (QED) is 0.494. The van der Waals surface area contributed by atoms with Crippen LogP contribution in [0.3, 0.4) is 0 Å². The highest BCUT2D eigenvalue weighted by atomic mass is 19.1. The average Bonchev–Trinajstić information content (AvgIpc) is 3.41. The van der Waals surface area contributed by atoms with Gasteiger partial charge in [0, 0.05) is 49.4 Å². The Labute approximate surface area is 189 Å². The van der Waals surface area contributed by atoms with Crippen molar-refractivity contribution in [1.82, 2.24) is 25.1 Å². The molecule has 4 heterocycles. The maximum absolute atomic E-state index is 14.7. The number of nitrogens with one attached hydrogen (secondary N) is 1. The zero-order chi connectivity index (χ0) is 22.7. The Morgan fingerprint density at radius 3 is 2.70 bits per heavy atom. The topological polar surface area (TPSA) is 79.1 Å². The fraction of sp³-hybridized carbons (Fsp3) is 0.375. The first-order valence-corrected chi connectivity index (χ1v) is 11.2. The summed E-state index contributed by atoms with van der Waals surface area (Å²) in [5, 5.41) is 18.6. The van der Waals surface area contributed by atoms with Crippen LogP contribution < -0.4 is 10.2 Å². The number of nitrogens with zero attached hydrogens (tertiary/aromatic N) is 5. The maximum atomic E-state index is 14.7. The van der Waals surface area contributed by atoms with Gasteiger partial charge in [-0.15, -0.1) is 0 Å². The molecule has 1 aliphatic heterocycles. The predicted octanol–water partition coefficient (Wildman–Crippen LogP) is 3.70. The summed E-state index contributed by atoms with van der Waals surface area (Å²) in [6.07, 6.45) is 3.29. The Hall–Kier alpha value is -3.33. The smallest absolute Gasteiger partial charge is 0.193 e. The summed E-state index contributed by atoms with van der Waals surface area (Å²) in [6, 6.07) is 9.76. The minimum Gasteiger partial charge on any atom is -0.504 e. The number of fused-ring (bicyclic) bond motifs is 2. The Morgan fingerprint density at radius 2 is 1.88 bits per heavy atom. The van der Waals surface area contributed by atoms with Crippen LogP contribution in [0, 0.1) is 5.82 Å². The lowest BCUT2D eigenvalue weighted by atomic mass is 9.90. The van der Waals surface area contributed by atoms with E-state index in [1.807, 2.05) is 18.2 Å². The lowest BCUT2D eigenvalue weighted by Gasteiger charge is -2.33. The highest BCUT2D eigenvalue weighted by molar-refractivity contribution is 5.89. The minimum atomic E-state index is -0.750. The molecule has 1 aromatic carbocycles. The molecule has 1 aliphatic carbocycles. The van der Waals surface area contributed by atoms with Crippen LogP contribution in [0.1, 0.15) is 19.3 Å². The van der Waals surface area contributed by atoms with Gasteiger partial charge in [0.1, 0.15) is 17.5 Å². The molecule has 0 radical (unpaired) electrons. The molecule has 1 saturated heterocycles. The Bertz CT molecular complexity index is 1370. The van der Waals surface area contributed by atoms with Gasteiger partial charge in [-0.3, -0.25) is 4.68 Å². The van der Waals surface area contributed by atoms with Crippen LogP contribution >= 0.6 is 0 Å². The number of hydrogen-bond acceptors (Lipinski definition) is 6. The van der Waals surface area contributed by atoms with Crippen molar-refractivity contribution < 1.29 is 13.9 Å². The lowest BCUT2D eigenvalue weighted by Crippen LogP contribution is -2.48. The van der Waals surface area contributed by atoms with Gasteiger partial charge in [0.15, 0.2) is 11.6 Å². The normalized spacial score (nSPS) is 22.9. The van der Waals surface area contributed by atoms with Crippen LogP contribution in [0.15, 0.2) is 36.5 Å². The van der Waals surface area contributed by atoms with E-state index in [9.17, 15) is 13.9 Å². The third kappa shape index (κ3) is 3.56. The van der Waals surface area contributed by atoms with Gasteiger partial charge in [0.25, 0.3) is 0 Å². The molecule has 0 spiro atoms. The maximum Gasteiger partial charge on any atom is 0.193 e. The van der Waals surface area contributed by atoms with Gasteiger partial charge in [-0.2, -0.15) is 5.10 Å². The van der Waals surface area contributed by atoms with E-state index in [4.69, 9.17) is 4.98 Å². The number of anilines is 1. The van der Waals surface area contributed by atoms with Crippen LogP contribution in [0.4, 0.5) is 14.6 Å². The van der Waals surface area contributed by atoms with Crippen LogP contribution in [0.2, 0.25) is 0 Å². The van der Waals surface area contributed by atoms with Crippen LogP contribution in [0.5, 0.6) is 5.75 Å². The molecule has 3 aromatic heterocycles. The van der Waals surface area contributed by atoms with E-state index >= 15 is 0 Å². The number of benzene rings is 1. The van der Waals surface area contributed by atoms with Crippen molar-refractivity contribution in [3.8, 4) is 17.0 Å². The van der Waals surface area contributed by atoms with E-state index in [-0.39, 0.29) is 5.52 Å². The van der Waals surface area contributed by atoms with Gasteiger partial charge < -0.3 is 15.3 Å². The highest BCUT2D eigenvalue weighted by Crippen LogP contribution is 2.36.